The van der Waals surface area contributed by atoms with Crippen LogP contribution >= 0.6 is 0 Å². The van der Waals surface area contributed by atoms with Gasteiger partial charge in [-0.3, -0.25) is 9.78 Å². The summed E-state index contributed by atoms with van der Waals surface area (Å²) < 4.78 is 0. The molecule has 0 bridgehead atoms. The van der Waals surface area contributed by atoms with E-state index < -0.39 is 0 Å². The number of carbonyl (C=O) groups is 1. The third-order valence-electron chi connectivity index (χ3n) is 3.82. The van der Waals surface area contributed by atoms with Gasteiger partial charge in [-0.1, -0.05) is 24.6 Å². The van der Waals surface area contributed by atoms with Gasteiger partial charge in [0.2, 0.25) is 0 Å². The van der Waals surface area contributed by atoms with Crippen LogP contribution < -0.4 is 0 Å². The quantitative estimate of drug-likeness (QED) is 0.707. The molecule has 18 heavy (non-hydrogen) atoms. The van der Waals surface area contributed by atoms with Crippen LogP contribution in [0.2, 0.25) is 0 Å². The summed E-state index contributed by atoms with van der Waals surface area (Å²) in [6, 6.07) is 10.4. The molecule has 2 aromatic rings. The number of pyridine rings is 1. The number of carbonyl (C=O) groups excluding carboxylic acids is 1. The molecule has 0 amide bonds. The lowest BCUT2D eigenvalue weighted by atomic mass is 9.92. The van der Waals surface area contributed by atoms with Crippen molar-refractivity contribution in [1.82, 2.24) is 4.98 Å². The summed E-state index contributed by atoms with van der Waals surface area (Å²) in [5.74, 6) is 0.780. The van der Waals surface area contributed by atoms with Crippen molar-refractivity contribution in [2.24, 2.45) is 0 Å². The second kappa shape index (κ2) is 4.89. The van der Waals surface area contributed by atoms with E-state index in [4.69, 9.17) is 0 Å². The number of ketones is 1. The van der Waals surface area contributed by atoms with Crippen LogP contribution in [-0.2, 0) is 4.79 Å². The molecule has 3 rings (SSSR count). The Hall–Kier alpha value is -1.70. The fourth-order valence-electron chi connectivity index (χ4n) is 2.79. The first-order chi connectivity index (χ1) is 8.83. The summed E-state index contributed by atoms with van der Waals surface area (Å²) in [5.41, 5.74) is 2.25. The number of nitrogens with zero attached hydrogens (tertiary/aromatic N) is 1. The number of benzene rings is 1. The Bertz CT molecular complexity index is 576. The maximum Gasteiger partial charge on any atom is 0.133 e. The summed E-state index contributed by atoms with van der Waals surface area (Å²) >= 11 is 0. The Morgan fingerprint density at radius 2 is 2.06 bits per heavy atom. The second-order valence-corrected chi connectivity index (χ2v) is 5.15. The van der Waals surface area contributed by atoms with E-state index in [0.717, 1.165) is 31.2 Å². The van der Waals surface area contributed by atoms with Crippen molar-refractivity contribution in [3.05, 3.63) is 42.1 Å². The minimum atomic E-state index is 0.372. The standard InChI is InChI=1S/C16H17NO/c18-15-7-3-1-5-12(10-15)14-9-13-6-2-4-8-16(13)17-11-14/h2,4,6,8-9,11-12H,1,3,5,7,10H2. The molecule has 1 heterocycles. The topological polar surface area (TPSA) is 30.0 Å². The minimum absolute atomic E-state index is 0.372. The van der Waals surface area contributed by atoms with Crippen molar-refractivity contribution in [2.75, 3.05) is 0 Å². The molecule has 0 radical (unpaired) electrons. The zero-order valence-electron chi connectivity index (χ0n) is 10.4. The van der Waals surface area contributed by atoms with Crippen LogP contribution in [-0.4, -0.2) is 10.8 Å². The molecule has 1 unspecified atom stereocenters. The fraction of sp³-hybridized carbons (Fsp3) is 0.375. The van der Waals surface area contributed by atoms with Crippen molar-refractivity contribution >= 4 is 16.7 Å². The lowest BCUT2D eigenvalue weighted by Gasteiger charge is -2.13. The maximum atomic E-state index is 11.7. The van der Waals surface area contributed by atoms with Crippen LogP contribution in [0.4, 0.5) is 0 Å². The molecule has 0 aliphatic heterocycles. The predicted molar refractivity (Wildman–Crippen MR) is 72.6 cm³/mol. The average molecular weight is 239 g/mol. The van der Waals surface area contributed by atoms with Gasteiger partial charge in [-0.05, 0) is 36.5 Å². The van der Waals surface area contributed by atoms with Crippen LogP contribution in [0.3, 0.4) is 0 Å². The van der Waals surface area contributed by atoms with Crippen molar-refractivity contribution in [2.45, 2.75) is 38.0 Å². The predicted octanol–water partition coefficient (Wildman–Crippen LogP) is 3.85. The third-order valence-corrected chi connectivity index (χ3v) is 3.82. The molecule has 92 valence electrons. The maximum absolute atomic E-state index is 11.7. The van der Waals surface area contributed by atoms with E-state index >= 15 is 0 Å². The van der Waals surface area contributed by atoms with Gasteiger partial charge in [0.25, 0.3) is 0 Å². The molecule has 2 nitrogen and oxygen atoms in total. The zero-order chi connectivity index (χ0) is 12.4. The molecule has 1 saturated carbocycles. The Balaban J connectivity index is 1.95. The molecule has 1 aromatic carbocycles. The summed E-state index contributed by atoms with van der Waals surface area (Å²) in [6.07, 6.45) is 6.73. The summed E-state index contributed by atoms with van der Waals surface area (Å²) in [6.45, 7) is 0. The lowest BCUT2D eigenvalue weighted by Crippen LogP contribution is -2.04. The summed E-state index contributed by atoms with van der Waals surface area (Å²) in [7, 11) is 0. The van der Waals surface area contributed by atoms with E-state index in [1.807, 2.05) is 24.4 Å². The molecular weight excluding hydrogens is 222 g/mol. The van der Waals surface area contributed by atoms with Gasteiger partial charge in [0.05, 0.1) is 5.52 Å². The van der Waals surface area contributed by atoms with Gasteiger partial charge >= 0.3 is 0 Å². The number of hydrogen-bond donors (Lipinski definition) is 0. The number of hydrogen-bond acceptors (Lipinski definition) is 2. The normalized spacial score (nSPS) is 20.9. The van der Waals surface area contributed by atoms with E-state index in [0.29, 0.717) is 18.1 Å². The van der Waals surface area contributed by atoms with E-state index in [2.05, 4.69) is 17.1 Å². The molecule has 2 heteroatoms. The highest BCUT2D eigenvalue weighted by Crippen LogP contribution is 2.30. The van der Waals surface area contributed by atoms with Crippen LogP contribution in [0, 0.1) is 0 Å². The second-order valence-electron chi connectivity index (χ2n) is 5.15. The Morgan fingerprint density at radius 1 is 1.17 bits per heavy atom. The minimum Gasteiger partial charge on any atom is -0.300 e. The first-order valence-electron chi connectivity index (χ1n) is 6.69. The first kappa shape index (κ1) is 11.4. The highest BCUT2D eigenvalue weighted by molar-refractivity contribution is 5.81. The number of fused-ring (bicyclic) bond motifs is 1. The average Bonchev–Trinajstić information content (AvgIpc) is 2.63. The lowest BCUT2D eigenvalue weighted by molar-refractivity contribution is -0.119. The molecule has 0 N–H and O–H groups in total. The molecule has 1 atom stereocenters. The molecule has 1 aromatic heterocycles. The van der Waals surface area contributed by atoms with Gasteiger partial charge < -0.3 is 0 Å². The summed E-state index contributed by atoms with van der Waals surface area (Å²) in [4.78, 5) is 16.2. The largest absolute Gasteiger partial charge is 0.300 e. The SMILES string of the molecule is O=C1CCCCC(c2cnc3ccccc3c2)C1. The van der Waals surface area contributed by atoms with Gasteiger partial charge in [-0.25, -0.2) is 0 Å². The van der Waals surface area contributed by atoms with Crippen molar-refractivity contribution in [3.63, 3.8) is 0 Å². The van der Waals surface area contributed by atoms with Crippen LogP contribution in [0.1, 0.15) is 43.6 Å². The fourth-order valence-corrected chi connectivity index (χ4v) is 2.79. The Morgan fingerprint density at radius 3 is 3.00 bits per heavy atom. The zero-order valence-corrected chi connectivity index (χ0v) is 10.4. The van der Waals surface area contributed by atoms with E-state index in [1.165, 1.54) is 10.9 Å². The molecule has 1 aliphatic rings. The van der Waals surface area contributed by atoms with Crippen molar-refractivity contribution in [1.29, 1.82) is 0 Å². The highest BCUT2D eigenvalue weighted by Gasteiger charge is 2.19. The molecular formula is C16H17NO. The third kappa shape index (κ3) is 2.28. The van der Waals surface area contributed by atoms with E-state index in [9.17, 15) is 4.79 Å². The number of aromatic nitrogens is 1. The van der Waals surface area contributed by atoms with Crippen molar-refractivity contribution < 1.29 is 4.79 Å². The van der Waals surface area contributed by atoms with Gasteiger partial charge in [0.1, 0.15) is 5.78 Å². The van der Waals surface area contributed by atoms with Gasteiger partial charge in [0, 0.05) is 24.4 Å². The van der Waals surface area contributed by atoms with Gasteiger partial charge in [0.15, 0.2) is 0 Å². The van der Waals surface area contributed by atoms with Crippen LogP contribution in [0.5, 0.6) is 0 Å². The number of para-hydroxylation sites is 1. The molecule has 0 saturated heterocycles. The molecule has 1 fully saturated rings. The number of rotatable bonds is 1. The molecule has 1 aliphatic carbocycles. The smallest absolute Gasteiger partial charge is 0.133 e. The Labute approximate surface area is 107 Å². The van der Waals surface area contributed by atoms with Crippen LogP contribution in [0.15, 0.2) is 36.5 Å². The number of Topliss-reactive ketones (excluding diaryl/α,β-unsaturated/α-hetero) is 1. The Kier molecular flexibility index (Phi) is 3.09. The van der Waals surface area contributed by atoms with Crippen LogP contribution in [0.25, 0.3) is 10.9 Å². The van der Waals surface area contributed by atoms with E-state index in [-0.39, 0.29) is 0 Å². The summed E-state index contributed by atoms with van der Waals surface area (Å²) in [5, 5.41) is 1.17. The monoisotopic (exact) mass is 239 g/mol. The highest BCUT2D eigenvalue weighted by atomic mass is 16.1. The molecule has 0 spiro atoms. The van der Waals surface area contributed by atoms with Gasteiger partial charge in [-0.15, -0.1) is 0 Å². The first-order valence-corrected chi connectivity index (χ1v) is 6.69. The van der Waals surface area contributed by atoms with Gasteiger partial charge in [-0.2, -0.15) is 0 Å². The van der Waals surface area contributed by atoms with E-state index in [1.54, 1.807) is 0 Å². The van der Waals surface area contributed by atoms with Crippen molar-refractivity contribution in [3.8, 4) is 0 Å².